The van der Waals surface area contributed by atoms with Gasteiger partial charge in [0.2, 0.25) is 0 Å². The number of para-hydroxylation sites is 2. The zero-order valence-corrected chi connectivity index (χ0v) is 20.8. The number of hydrogen-bond donors (Lipinski definition) is 2. The second-order valence-corrected chi connectivity index (χ2v) is 8.99. The molecule has 0 unspecified atom stereocenters. The minimum atomic E-state index is -0.0855. The van der Waals surface area contributed by atoms with E-state index in [9.17, 15) is 4.79 Å². The predicted octanol–water partition coefficient (Wildman–Crippen LogP) is 3.68. The summed E-state index contributed by atoms with van der Waals surface area (Å²) in [5.74, 6) is 0.715. The lowest BCUT2D eigenvalue weighted by atomic mass is 10.0. The average molecular weight is 481 g/mol. The normalized spacial score (nSPS) is 14.2. The molecule has 0 bridgehead atoms. The number of rotatable bonds is 7. The van der Waals surface area contributed by atoms with Gasteiger partial charge in [0.1, 0.15) is 5.75 Å². The Balaban J connectivity index is 1.59. The predicted molar refractivity (Wildman–Crippen MR) is 141 cm³/mol. The monoisotopic (exact) mass is 480 g/mol. The van der Waals surface area contributed by atoms with E-state index in [0.717, 1.165) is 60.6 Å². The van der Waals surface area contributed by atoms with Crippen molar-refractivity contribution in [2.45, 2.75) is 20.4 Å². The van der Waals surface area contributed by atoms with E-state index in [0.29, 0.717) is 29.5 Å². The summed E-state index contributed by atoms with van der Waals surface area (Å²) in [5.41, 5.74) is 4.54. The fraction of sp³-hybridized carbons (Fsp3) is 0.385. The smallest absolute Gasteiger partial charge is 0.253 e. The Labute approximate surface area is 205 Å². The number of pyridine rings is 1. The van der Waals surface area contributed by atoms with E-state index in [1.165, 1.54) is 0 Å². The van der Waals surface area contributed by atoms with Crippen LogP contribution < -0.4 is 15.6 Å². The standard InChI is InChI=1S/C26H32N4O3S/c1-18-8-9-20-16-21(25(31)28-24(20)19(18)2)17-30(11-10-29-12-14-33-15-13-29)26(34)27-22-6-4-5-7-23(22)32-3/h4-9,16H,10-15,17H2,1-3H3,(H,27,34)(H,28,31). The molecule has 3 aromatic rings. The molecule has 1 saturated heterocycles. The second kappa shape index (κ2) is 11.0. The molecule has 34 heavy (non-hydrogen) atoms. The highest BCUT2D eigenvalue weighted by Gasteiger charge is 2.18. The first kappa shape index (κ1) is 24.2. The van der Waals surface area contributed by atoms with Crippen LogP contribution in [-0.4, -0.2) is 66.4 Å². The van der Waals surface area contributed by atoms with Crippen LogP contribution in [0.5, 0.6) is 5.75 Å². The van der Waals surface area contributed by atoms with Crippen LogP contribution in [0.4, 0.5) is 5.69 Å². The lowest BCUT2D eigenvalue weighted by Crippen LogP contribution is -2.44. The molecule has 1 aliphatic rings. The first-order valence-electron chi connectivity index (χ1n) is 11.6. The zero-order valence-electron chi connectivity index (χ0n) is 20.0. The van der Waals surface area contributed by atoms with Crippen molar-refractivity contribution in [2.24, 2.45) is 0 Å². The topological polar surface area (TPSA) is 69.8 Å². The largest absolute Gasteiger partial charge is 0.495 e. The van der Waals surface area contributed by atoms with Crippen LogP contribution >= 0.6 is 12.2 Å². The van der Waals surface area contributed by atoms with Crippen molar-refractivity contribution < 1.29 is 9.47 Å². The highest BCUT2D eigenvalue weighted by molar-refractivity contribution is 7.80. The zero-order chi connectivity index (χ0) is 24.1. The van der Waals surface area contributed by atoms with Crippen LogP contribution in [0.25, 0.3) is 10.9 Å². The van der Waals surface area contributed by atoms with Crippen LogP contribution in [0.3, 0.4) is 0 Å². The van der Waals surface area contributed by atoms with E-state index in [4.69, 9.17) is 21.7 Å². The van der Waals surface area contributed by atoms with Gasteiger partial charge >= 0.3 is 0 Å². The number of methoxy groups -OCH3 is 1. The fourth-order valence-corrected chi connectivity index (χ4v) is 4.44. The van der Waals surface area contributed by atoms with Crippen LogP contribution in [0.2, 0.25) is 0 Å². The summed E-state index contributed by atoms with van der Waals surface area (Å²) < 4.78 is 10.9. The number of fused-ring (bicyclic) bond motifs is 1. The Bertz CT molecular complexity index is 1220. The van der Waals surface area contributed by atoms with E-state index in [2.05, 4.69) is 39.2 Å². The highest BCUT2D eigenvalue weighted by Crippen LogP contribution is 2.24. The van der Waals surface area contributed by atoms with Crippen molar-refractivity contribution in [3.8, 4) is 5.75 Å². The maximum atomic E-state index is 13.0. The molecule has 0 saturated carbocycles. The van der Waals surface area contributed by atoms with Gasteiger partial charge in [0.15, 0.2) is 5.11 Å². The molecule has 7 nitrogen and oxygen atoms in total. The van der Waals surface area contributed by atoms with Crippen molar-refractivity contribution in [3.05, 3.63) is 69.5 Å². The number of nitrogens with zero attached hydrogens (tertiary/aromatic N) is 2. The van der Waals surface area contributed by atoms with Gasteiger partial charge < -0.3 is 24.7 Å². The Hall–Kier alpha value is -2.94. The van der Waals surface area contributed by atoms with Crippen molar-refractivity contribution >= 4 is 33.9 Å². The van der Waals surface area contributed by atoms with Gasteiger partial charge in [-0.2, -0.15) is 0 Å². The maximum absolute atomic E-state index is 13.0. The van der Waals surface area contributed by atoms with Crippen LogP contribution in [0, 0.1) is 13.8 Å². The molecule has 2 aromatic carbocycles. The number of aryl methyl sites for hydroxylation is 2. The summed E-state index contributed by atoms with van der Waals surface area (Å²) >= 11 is 5.81. The molecule has 1 aromatic heterocycles. The van der Waals surface area contributed by atoms with E-state index in [-0.39, 0.29) is 5.56 Å². The van der Waals surface area contributed by atoms with Gasteiger partial charge in [-0.25, -0.2) is 0 Å². The van der Waals surface area contributed by atoms with Gasteiger partial charge in [0.05, 0.1) is 38.1 Å². The molecular weight excluding hydrogens is 448 g/mol. The van der Waals surface area contributed by atoms with Crippen molar-refractivity contribution in [1.82, 2.24) is 14.8 Å². The van der Waals surface area contributed by atoms with E-state index in [1.807, 2.05) is 37.3 Å². The van der Waals surface area contributed by atoms with Crippen LogP contribution in [0.15, 0.2) is 47.3 Å². The molecule has 1 fully saturated rings. The molecule has 1 aliphatic heterocycles. The highest BCUT2D eigenvalue weighted by atomic mass is 32.1. The lowest BCUT2D eigenvalue weighted by Gasteiger charge is -2.31. The molecule has 0 aliphatic carbocycles. The number of anilines is 1. The number of morpholine rings is 1. The van der Waals surface area contributed by atoms with Crippen molar-refractivity contribution in [2.75, 3.05) is 51.8 Å². The van der Waals surface area contributed by atoms with Gasteiger partial charge in [-0.3, -0.25) is 9.69 Å². The number of aromatic nitrogens is 1. The summed E-state index contributed by atoms with van der Waals surface area (Å²) in [5, 5.41) is 4.90. The summed E-state index contributed by atoms with van der Waals surface area (Å²) in [6.45, 7) is 9.30. The molecule has 8 heteroatoms. The Kier molecular flexibility index (Phi) is 7.82. The maximum Gasteiger partial charge on any atom is 0.253 e. The van der Waals surface area contributed by atoms with Gasteiger partial charge in [0, 0.05) is 31.7 Å². The second-order valence-electron chi connectivity index (χ2n) is 8.60. The van der Waals surface area contributed by atoms with Crippen LogP contribution in [0.1, 0.15) is 16.7 Å². The third kappa shape index (κ3) is 5.58. The van der Waals surface area contributed by atoms with E-state index >= 15 is 0 Å². The summed E-state index contributed by atoms with van der Waals surface area (Å²) in [7, 11) is 1.64. The molecule has 2 heterocycles. The number of ether oxygens (including phenoxy) is 2. The number of nitrogens with one attached hydrogen (secondary N) is 2. The van der Waals surface area contributed by atoms with Crippen molar-refractivity contribution in [1.29, 1.82) is 0 Å². The molecule has 0 amide bonds. The fourth-order valence-electron chi connectivity index (χ4n) is 4.17. The number of benzene rings is 2. The molecule has 180 valence electrons. The number of hydrogen-bond acceptors (Lipinski definition) is 5. The minimum Gasteiger partial charge on any atom is -0.495 e. The quantitative estimate of drug-likeness (QED) is 0.500. The average Bonchev–Trinajstić information content (AvgIpc) is 2.85. The van der Waals surface area contributed by atoms with Gasteiger partial charge in [-0.05, 0) is 60.8 Å². The first-order chi connectivity index (χ1) is 16.5. The summed E-state index contributed by atoms with van der Waals surface area (Å²) in [6.07, 6.45) is 0. The van der Waals surface area contributed by atoms with E-state index in [1.54, 1.807) is 7.11 Å². The Morgan fingerprint density at radius 1 is 1.21 bits per heavy atom. The lowest BCUT2D eigenvalue weighted by molar-refractivity contribution is 0.0358. The molecule has 0 atom stereocenters. The molecule has 0 spiro atoms. The van der Waals surface area contributed by atoms with Crippen molar-refractivity contribution in [3.63, 3.8) is 0 Å². The summed E-state index contributed by atoms with van der Waals surface area (Å²) in [6, 6.07) is 13.8. The van der Waals surface area contributed by atoms with Gasteiger partial charge in [-0.1, -0.05) is 24.3 Å². The molecular formula is C26H32N4O3S. The first-order valence-corrected chi connectivity index (χ1v) is 12.0. The number of H-pyrrole nitrogens is 1. The minimum absolute atomic E-state index is 0.0855. The SMILES string of the molecule is COc1ccccc1NC(=S)N(CCN1CCOCC1)Cc1cc2ccc(C)c(C)c2[nH]c1=O. The van der Waals surface area contributed by atoms with E-state index < -0.39 is 0 Å². The van der Waals surface area contributed by atoms with Gasteiger partial charge in [0.25, 0.3) is 5.56 Å². The third-order valence-electron chi connectivity index (χ3n) is 6.41. The molecule has 4 rings (SSSR count). The Morgan fingerprint density at radius 3 is 2.74 bits per heavy atom. The summed E-state index contributed by atoms with van der Waals surface area (Å²) in [4.78, 5) is 20.5. The number of aromatic amines is 1. The Morgan fingerprint density at radius 2 is 1.97 bits per heavy atom. The molecule has 2 N–H and O–H groups in total. The molecule has 0 radical (unpaired) electrons. The van der Waals surface area contributed by atoms with Gasteiger partial charge in [-0.15, -0.1) is 0 Å². The third-order valence-corrected chi connectivity index (χ3v) is 6.78. The number of thiocarbonyl (C=S) groups is 1. The van der Waals surface area contributed by atoms with Crippen LogP contribution in [-0.2, 0) is 11.3 Å².